The summed E-state index contributed by atoms with van der Waals surface area (Å²) < 4.78 is 15.7. The Hall–Kier alpha value is -3.20. The average Bonchev–Trinajstić information content (AvgIpc) is 3.02. The van der Waals surface area contributed by atoms with Gasteiger partial charge in [-0.25, -0.2) is 9.07 Å². The molecule has 134 valence electrons. The smallest absolute Gasteiger partial charge is 0.123 e. The van der Waals surface area contributed by atoms with Crippen LogP contribution < -0.4 is 0 Å². The second-order valence-corrected chi connectivity index (χ2v) is 7.02. The lowest BCUT2D eigenvalue weighted by Crippen LogP contribution is -2.01. The van der Waals surface area contributed by atoms with Gasteiger partial charge >= 0.3 is 0 Å². The highest BCUT2D eigenvalue weighted by molar-refractivity contribution is 5.94. The lowest BCUT2D eigenvalue weighted by atomic mass is 9.99. The van der Waals surface area contributed by atoms with Gasteiger partial charge in [-0.05, 0) is 67.8 Å². The second-order valence-electron chi connectivity index (χ2n) is 7.02. The van der Waals surface area contributed by atoms with Crippen LogP contribution in [0.15, 0.2) is 67.2 Å². The van der Waals surface area contributed by atoms with Gasteiger partial charge in [-0.1, -0.05) is 42.5 Å². The van der Waals surface area contributed by atoms with Crippen molar-refractivity contribution in [1.29, 1.82) is 0 Å². The molecule has 0 atom stereocenters. The lowest BCUT2D eigenvalue weighted by Gasteiger charge is -2.13. The molecule has 0 fully saturated rings. The molecule has 0 unspecified atom stereocenters. The zero-order valence-corrected chi connectivity index (χ0v) is 15.8. The molecular weight excluding hydrogens is 335 g/mol. The van der Waals surface area contributed by atoms with Crippen molar-refractivity contribution in [2.45, 2.75) is 20.8 Å². The Morgan fingerprint density at radius 1 is 0.963 bits per heavy atom. The number of rotatable bonds is 3. The molecule has 0 aliphatic rings. The van der Waals surface area contributed by atoms with Gasteiger partial charge in [0.25, 0.3) is 0 Å². The number of fused-ring (bicyclic) bond motifs is 1. The van der Waals surface area contributed by atoms with Crippen molar-refractivity contribution < 1.29 is 4.39 Å². The van der Waals surface area contributed by atoms with Crippen LogP contribution in [0.5, 0.6) is 0 Å². The van der Waals surface area contributed by atoms with Gasteiger partial charge in [0.2, 0.25) is 0 Å². The van der Waals surface area contributed by atoms with E-state index in [1.807, 2.05) is 41.9 Å². The Labute approximate surface area is 158 Å². The maximum absolute atomic E-state index is 13.8. The molecule has 0 spiro atoms. The molecule has 4 aromatic rings. The van der Waals surface area contributed by atoms with Crippen molar-refractivity contribution >= 4 is 16.5 Å². The first-order chi connectivity index (χ1) is 13.0. The van der Waals surface area contributed by atoms with Crippen LogP contribution in [0.2, 0.25) is 0 Å². The van der Waals surface area contributed by atoms with Crippen LogP contribution in [0.4, 0.5) is 4.39 Å². The van der Waals surface area contributed by atoms with Crippen molar-refractivity contribution in [2.24, 2.45) is 0 Å². The zero-order valence-electron chi connectivity index (χ0n) is 15.8. The summed E-state index contributed by atoms with van der Waals surface area (Å²) in [6.45, 7) is 10.3. The Morgan fingerprint density at radius 3 is 2.48 bits per heavy atom. The first kappa shape index (κ1) is 17.2. The molecular formula is C24H21FN2. The van der Waals surface area contributed by atoms with Crippen molar-refractivity contribution in [1.82, 2.24) is 9.78 Å². The standard InChI is InChI=1S/C24H21FN2/c1-15(2)21-12-17(4)23(13-16(21)3)27-22-11-6-5-10-20(22)24(26-27)18-8-7-9-19(25)14-18/h5-14H,1H2,2-4H3. The molecule has 0 saturated heterocycles. The molecule has 0 radical (unpaired) electrons. The van der Waals surface area contributed by atoms with Crippen LogP contribution >= 0.6 is 0 Å². The van der Waals surface area contributed by atoms with E-state index in [0.29, 0.717) is 0 Å². The molecule has 3 heteroatoms. The molecule has 0 amide bonds. The Bertz CT molecular complexity index is 1180. The molecule has 0 bridgehead atoms. The Morgan fingerprint density at radius 2 is 1.74 bits per heavy atom. The fourth-order valence-corrected chi connectivity index (χ4v) is 3.59. The summed E-state index contributed by atoms with van der Waals surface area (Å²) in [6.07, 6.45) is 0. The first-order valence-electron chi connectivity index (χ1n) is 8.97. The number of hydrogen-bond donors (Lipinski definition) is 0. The van der Waals surface area contributed by atoms with Crippen LogP contribution in [0, 0.1) is 19.7 Å². The molecule has 2 nitrogen and oxygen atoms in total. The van der Waals surface area contributed by atoms with Gasteiger partial charge in [0.15, 0.2) is 0 Å². The van der Waals surface area contributed by atoms with Crippen molar-refractivity contribution in [3.05, 3.63) is 89.8 Å². The van der Waals surface area contributed by atoms with E-state index in [0.717, 1.165) is 50.1 Å². The maximum atomic E-state index is 13.8. The van der Waals surface area contributed by atoms with Gasteiger partial charge in [-0.3, -0.25) is 0 Å². The molecule has 4 rings (SSSR count). The largest absolute Gasteiger partial charge is 0.232 e. The summed E-state index contributed by atoms with van der Waals surface area (Å²) in [4.78, 5) is 0. The van der Waals surface area contributed by atoms with E-state index < -0.39 is 0 Å². The monoisotopic (exact) mass is 356 g/mol. The van der Waals surface area contributed by atoms with E-state index >= 15 is 0 Å². The quantitative estimate of drug-likeness (QED) is 0.411. The molecule has 0 N–H and O–H groups in total. The van der Waals surface area contributed by atoms with Gasteiger partial charge in [-0.15, -0.1) is 0 Å². The number of aryl methyl sites for hydroxylation is 2. The fraction of sp³-hybridized carbons (Fsp3) is 0.125. The summed E-state index contributed by atoms with van der Waals surface area (Å²) in [5.74, 6) is -0.260. The van der Waals surface area contributed by atoms with E-state index in [2.05, 4.69) is 32.6 Å². The summed E-state index contributed by atoms with van der Waals surface area (Å²) in [5, 5.41) is 5.88. The van der Waals surface area contributed by atoms with Crippen molar-refractivity contribution in [3.63, 3.8) is 0 Å². The van der Waals surface area contributed by atoms with E-state index in [1.165, 1.54) is 12.1 Å². The number of allylic oxidation sites excluding steroid dienone is 1. The van der Waals surface area contributed by atoms with Crippen LogP contribution in [0.25, 0.3) is 33.4 Å². The third-order valence-corrected chi connectivity index (χ3v) is 4.92. The van der Waals surface area contributed by atoms with Gasteiger partial charge < -0.3 is 0 Å². The van der Waals surface area contributed by atoms with Gasteiger partial charge in [-0.2, -0.15) is 5.10 Å². The molecule has 0 aliphatic heterocycles. The van der Waals surface area contributed by atoms with Crippen LogP contribution in [0.1, 0.15) is 23.6 Å². The summed E-state index contributed by atoms with van der Waals surface area (Å²) in [5.41, 5.74) is 8.08. The highest BCUT2D eigenvalue weighted by atomic mass is 19.1. The van der Waals surface area contributed by atoms with E-state index in [1.54, 1.807) is 6.07 Å². The topological polar surface area (TPSA) is 17.8 Å². The van der Waals surface area contributed by atoms with E-state index in [9.17, 15) is 4.39 Å². The Kier molecular flexibility index (Phi) is 4.15. The van der Waals surface area contributed by atoms with Gasteiger partial charge in [0.05, 0.1) is 11.2 Å². The number of benzene rings is 3. The Balaban J connectivity index is 1.99. The summed E-state index contributed by atoms with van der Waals surface area (Å²) in [6, 6.07) is 19.0. The minimum Gasteiger partial charge on any atom is -0.232 e. The van der Waals surface area contributed by atoms with Crippen molar-refractivity contribution in [3.8, 4) is 16.9 Å². The van der Waals surface area contributed by atoms with Crippen LogP contribution in [-0.4, -0.2) is 9.78 Å². The van der Waals surface area contributed by atoms with Gasteiger partial charge in [0.1, 0.15) is 11.5 Å². The minimum atomic E-state index is -0.260. The number of nitrogens with zero attached hydrogens (tertiary/aromatic N) is 2. The molecule has 3 aromatic carbocycles. The molecule has 0 saturated carbocycles. The SMILES string of the molecule is C=C(C)c1cc(C)c(-n2nc(-c3cccc(F)c3)c3ccccc32)cc1C. The third-order valence-electron chi connectivity index (χ3n) is 4.92. The molecule has 1 aromatic heterocycles. The van der Waals surface area contributed by atoms with Crippen LogP contribution in [-0.2, 0) is 0 Å². The predicted octanol–water partition coefficient (Wildman–Crippen LogP) is 6.48. The highest BCUT2D eigenvalue weighted by Crippen LogP contribution is 2.32. The van der Waals surface area contributed by atoms with Crippen molar-refractivity contribution in [2.75, 3.05) is 0 Å². The minimum absolute atomic E-state index is 0.260. The number of hydrogen-bond acceptors (Lipinski definition) is 1. The maximum Gasteiger partial charge on any atom is 0.123 e. The molecule has 27 heavy (non-hydrogen) atoms. The highest BCUT2D eigenvalue weighted by Gasteiger charge is 2.16. The summed E-state index contributed by atoms with van der Waals surface area (Å²) >= 11 is 0. The lowest BCUT2D eigenvalue weighted by molar-refractivity contribution is 0.628. The van der Waals surface area contributed by atoms with Gasteiger partial charge in [0, 0.05) is 10.9 Å². The molecule has 1 heterocycles. The van der Waals surface area contributed by atoms with Crippen LogP contribution in [0.3, 0.4) is 0 Å². The first-order valence-corrected chi connectivity index (χ1v) is 8.97. The van der Waals surface area contributed by atoms with E-state index in [-0.39, 0.29) is 5.82 Å². The average molecular weight is 356 g/mol. The predicted molar refractivity (Wildman–Crippen MR) is 111 cm³/mol. The fourth-order valence-electron chi connectivity index (χ4n) is 3.59. The summed E-state index contributed by atoms with van der Waals surface area (Å²) in [7, 11) is 0. The number of halogens is 1. The van der Waals surface area contributed by atoms with E-state index in [4.69, 9.17) is 5.10 Å². The second kappa shape index (κ2) is 6.51. The molecule has 0 aliphatic carbocycles. The normalized spacial score (nSPS) is 11.1. The third kappa shape index (κ3) is 2.95. The zero-order chi connectivity index (χ0) is 19.1. The number of aromatic nitrogens is 2. The number of para-hydroxylation sites is 1.